The second kappa shape index (κ2) is 9.79. The smallest absolute Gasteiger partial charge is 0.492 e. The summed E-state index contributed by atoms with van der Waals surface area (Å²) in [5.41, 5.74) is 1.81. The van der Waals surface area contributed by atoms with Crippen LogP contribution in [0.15, 0.2) is 48.5 Å². The molecule has 0 bridgehead atoms. The highest BCUT2D eigenvalue weighted by Crippen LogP contribution is 2.45. The van der Waals surface area contributed by atoms with E-state index in [0.717, 1.165) is 23.6 Å². The zero-order chi connectivity index (χ0) is 27.1. The van der Waals surface area contributed by atoms with E-state index in [1.54, 1.807) is 0 Å². The molecule has 1 amide bonds. The zero-order valence-electron chi connectivity index (χ0n) is 20.3. The summed E-state index contributed by atoms with van der Waals surface area (Å²) < 4.78 is 71.8. The van der Waals surface area contributed by atoms with Gasteiger partial charge in [0.25, 0.3) is 0 Å². The Morgan fingerprint density at radius 2 is 1.87 bits per heavy atom. The Morgan fingerprint density at radius 1 is 1.11 bits per heavy atom. The molecule has 2 aliphatic rings. The number of benzene rings is 2. The maximum absolute atomic E-state index is 12.8. The van der Waals surface area contributed by atoms with Crippen molar-refractivity contribution in [1.82, 2.24) is 14.8 Å². The lowest BCUT2D eigenvalue weighted by Crippen LogP contribution is -2.55. The van der Waals surface area contributed by atoms with Crippen LogP contribution >= 0.6 is 0 Å². The van der Waals surface area contributed by atoms with E-state index in [1.165, 1.54) is 18.2 Å². The van der Waals surface area contributed by atoms with Crippen molar-refractivity contribution >= 4 is 26.9 Å². The maximum Gasteiger partial charge on any atom is 0.534 e. The zero-order valence-corrected chi connectivity index (χ0v) is 21.1. The van der Waals surface area contributed by atoms with Crippen LogP contribution in [-0.4, -0.2) is 73.9 Å². The number of aromatic amines is 1. The number of halogens is 3. The van der Waals surface area contributed by atoms with E-state index in [-0.39, 0.29) is 6.54 Å². The maximum atomic E-state index is 12.8. The predicted octanol–water partition coefficient (Wildman–Crippen LogP) is 2.72. The van der Waals surface area contributed by atoms with Crippen LogP contribution in [0.1, 0.15) is 17.7 Å². The van der Waals surface area contributed by atoms with E-state index in [0.29, 0.717) is 50.0 Å². The van der Waals surface area contributed by atoms with Crippen molar-refractivity contribution in [3.05, 3.63) is 59.8 Å². The molecule has 0 aliphatic carbocycles. The summed E-state index contributed by atoms with van der Waals surface area (Å²) in [7, 11) is -5.79. The molecule has 1 aromatic heterocycles. The topological polar surface area (TPSA) is 118 Å². The Bertz CT molecular complexity index is 1440. The SMILES string of the molecule is NC(=O)CN1CCc2c([nH]c3ccc(OS(=O)(=O)C(F)(F)F)cc23)[C@]12CCN(CCOc1ccccc1)C2. The summed E-state index contributed by atoms with van der Waals surface area (Å²) >= 11 is 0. The number of para-hydroxylation sites is 1. The van der Waals surface area contributed by atoms with Crippen molar-refractivity contribution in [3.8, 4) is 11.5 Å². The van der Waals surface area contributed by atoms with Crippen molar-refractivity contribution in [2.24, 2.45) is 5.73 Å². The van der Waals surface area contributed by atoms with Crippen molar-refractivity contribution in [2.75, 3.05) is 39.3 Å². The summed E-state index contributed by atoms with van der Waals surface area (Å²) in [5, 5.41) is 0.582. The molecular formula is C25H27F3N4O5S. The summed E-state index contributed by atoms with van der Waals surface area (Å²) in [6.07, 6.45) is 1.19. The Morgan fingerprint density at radius 3 is 2.58 bits per heavy atom. The molecule has 2 aliphatic heterocycles. The molecule has 38 heavy (non-hydrogen) atoms. The largest absolute Gasteiger partial charge is 0.534 e. The van der Waals surface area contributed by atoms with E-state index in [9.17, 15) is 26.4 Å². The minimum absolute atomic E-state index is 0.0569. The van der Waals surface area contributed by atoms with Gasteiger partial charge in [0.05, 0.1) is 12.1 Å². The van der Waals surface area contributed by atoms with E-state index in [4.69, 9.17) is 10.5 Å². The van der Waals surface area contributed by atoms with Gasteiger partial charge < -0.3 is 19.6 Å². The molecule has 1 fully saturated rings. The lowest BCUT2D eigenvalue weighted by molar-refractivity contribution is -0.121. The molecule has 1 saturated heterocycles. The third-order valence-corrected chi connectivity index (χ3v) is 8.14. The quantitative estimate of drug-likeness (QED) is 0.326. The Balaban J connectivity index is 1.43. The van der Waals surface area contributed by atoms with Crippen LogP contribution in [0.5, 0.6) is 11.5 Å². The molecule has 0 saturated carbocycles. The highest BCUT2D eigenvalue weighted by molar-refractivity contribution is 7.88. The number of likely N-dealkylation sites (tertiary alicyclic amines) is 1. The molecular weight excluding hydrogens is 525 g/mol. The predicted molar refractivity (Wildman–Crippen MR) is 133 cm³/mol. The number of nitrogens with two attached hydrogens (primary N) is 1. The fraction of sp³-hybridized carbons (Fsp3) is 0.400. The van der Waals surface area contributed by atoms with E-state index in [1.807, 2.05) is 30.3 Å². The molecule has 3 aromatic rings. The van der Waals surface area contributed by atoms with Crippen molar-refractivity contribution in [3.63, 3.8) is 0 Å². The summed E-state index contributed by atoms with van der Waals surface area (Å²) in [6.45, 7) is 3.02. The second-order valence-electron chi connectivity index (χ2n) is 9.53. The van der Waals surface area contributed by atoms with Gasteiger partial charge in [0.15, 0.2) is 0 Å². The first kappa shape index (κ1) is 26.3. The first-order valence-corrected chi connectivity index (χ1v) is 13.5. The van der Waals surface area contributed by atoms with Gasteiger partial charge in [-0.2, -0.15) is 21.6 Å². The summed E-state index contributed by atoms with van der Waals surface area (Å²) in [5.74, 6) is -0.0999. The first-order chi connectivity index (χ1) is 18.0. The van der Waals surface area contributed by atoms with Crippen LogP contribution in [0.4, 0.5) is 13.2 Å². The third kappa shape index (κ3) is 4.93. The number of hydrogen-bond donors (Lipinski definition) is 2. The van der Waals surface area contributed by atoms with Crippen LogP contribution in [-0.2, 0) is 26.9 Å². The molecule has 9 nitrogen and oxygen atoms in total. The highest BCUT2D eigenvalue weighted by Gasteiger charge is 2.50. The van der Waals surface area contributed by atoms with Crippen LogP contribution in [0.2, 0.25) is 0 Å². The van der Waals surface area contributed by atoms with E-state index in [2.05, 4.69) is 19.0 Å². The fourth-order valence-electron chi connectivity index (χ4n) is 5.48. The van der Waals surface area contributed by atoms with Crippen LogP contribution in [0.3, 0.4) is 0 Å². The van der Waals surface area contributed by atoms with Crippen molar-refractivity contribution in [2.45, 2.75) is 23.9 Å². The lowest BCUT2D eigenvalue weighted by atomic mass is 9.84. The number of ether oxygens (including phenoxy) is 1. The van der Waals surface area contributed by atoms with Crippen LogP contribution in [0.25, 0.3) is 10.9 Å². The number of fused-ring (bicyclic) bond motifs is 4. The number of primary amides is 1. The standard InChI is InChI=1S/C25H27F3N4O5S/c26-25(27,28)38(34,35)37-18-6-7-21-20(14-18)19-8-10-32(15-22(29)33)24(23(19)30-21)9-11-31(16-24)12-13-36-17-4-2-1-3-5-17/h1-7,14,30H,8-13,15-16H2,(H2,29,33)/t24-/m1/s1. The third-order valence-electron chi connectivity index (χ3n) is 7.16. The normalized spacial score (nSPS) is 20.6. The molecule has 1 spiro atoms. The van der Waals surface area contributed by atoms with Gasteiger partial charge in [0, 0.05) is 42.8 Å². The van der Waals surface area contributed by atoms with Gasteiger partial charge in [-0.3, -0.25) is 14.6 Å². The highest BCUT2D eigenvalue weighted by atomic mass is 32.2. The van der Waals surface area contributed by atoms with Crippen molar-refractivity contribution < 1.29 is 35.3 Å². The average Bonchev–Trinajstić information content (AvgIpc) is 3.43. The number of aromatic nitrogens is 1. The number of amides is 1. The number of carbonyl (C=O) groups is 1. The average molecular weight is 553 g/mol. The molecule has 0 radical (unpaired) electrons. The second-order valence-corrected chi connectivity index (χ2v) is 11.1. The van der Waals surface area contributed by atoms with Gasteiger partial charge >= 0.3 is 15.6 Å². The number of rotatable bonds is 8. The van der Waals surface area contributed by atoms with E-state index >= 15 is 0 Å². The fourth-order valence-corrected chi connectivity index (χ4v) is 5.93. The van der Waals surface area contributed by atoms with Crippen LogP contribution in [0, 0.1) is 0 Å². The van der Waals surface area contributed by atoms with Crippen molar-refractivity contribution in [1.29, 1.82) is 0 Å². The Hall–Kier alpha value is -3.29. The molecule has 3 N–H and O–H groups in total. The molecule has 5 rings (SSSR count). The number of nitrogens with one attached hydrogen (secondary N) is 1. The number of alkyl halides is 3. The molecule has 1 atom stereocenters. The van der Waals surface area contributed by atoms with Gasteiger partial charge in [-0.1, -0.05) is 18.2 Å². The van der Waals surface area contributed by atoms with Gasteiger partial charge in [-0.15, -0.1) is 0 Å². The summed E-state index contributed by atoms with van der Waals surface area (Å²) in [6, 6.07) is 13.5. The molecule has 0 unspecified atom stereocenters. The molecule has 204 valence electrons. The number of H-pyrrole nitrogens is 1. The monoisotopic (exact) mass is 552 g/mol. The molecule has 13 heteroatoms. The first-order valence-electron chi connectivity index (χ1n) is 12.1. The molecule has 3 heterocycles. The number of nitrogens with zero attached hydrogens (tertiary/aromatic N) is 2. The van der Waals surface area contributed by atoms with Gasteiger partial charge in [-0.05, 0) is 48.7 Å². The minimum atomic E-state index is -5.79. The van der Waals surface area contributed by atoms with Crippen LogP contribution < -0.4 is 14.7 Å². The molecule has 2 aromatic carbocycles. The van der Waals surface area contributed by atoms with Gasteiger partial charge in [-0.25, -0.2) is 0 Å². The number of carbonyl (C=O) groups excluding carboxylic acids is 1. The minimum Gasteiger partial charge on any atom is -0.492 e. The number of hydrogen-bond acceptors (Lipinski definition) is 7. The summed E-state index contributed by atoms with van der Waals surface area (Å²) in [4.78, 5) is 19.6. The Kier molecular flexibility index (Phi) is 6.78. The lowest BCUT2D eigenvalue weighted by Gasteiger charge is -2.44. The van der Waals surface area contributed by atoms with Gasteiger partial charge in [0.2, 0.25) is 5.91 Å². The Labute approximate surface area is 217 Å². The van der Waals surface area contributed by atoms with Gasteiger partial charge in [0.1, 0.15) is 18.1 Å². The van der Waals surface area contributed by atoms with E-state index < -0.39 is 32.8 Å².